The number of carbonyl (C=O) groups is 3. The number of alkyl halides is 6. The number of carboxylic acids is 2. The Kier molecular flexibility index (Phi) is 9.92. The molecule has 1 saturated heterocycles. The summed E-state index contributed by atoms with van der Waals surface area (Å²) in [5.41, 5.74) is 8.65. The molecule has 10 nitrogen and oxygen atoms in total. The van der Waals surface area contributed by atoms with Crippen LogP contribution in [0.3, 0.4) is 0 Å². The van der Waals surface area contributed by atoms with E-state index in [1.54, 1.807) is 0 Å². The van der Waals surface area contributed by atoms with Crippen LogP contribution in [-0.4, -0.2) is 75.6 Å². The number of benzene rings is 2. The fourth-order valence-corrected chi connectivity index (χ4v) is 6.47. The number of halogens is 8. The number of fused-ring (bicyclic) bond motifs is 2. The standard InChI is InChI=1S/C25H21F2N5OS.2C2HF3O2/c1-12-11-31-6-4-13-10-30-5-7-32(13)25(33)15-8-18(27)21(19(12)22(15)31)14-2-3-17(26)23-20(14)16(9-28)24(29)34-23;2*3-2(4,5)1(6)7/h2-3,8,11,13,30H,4-7,10,29H2,1H3;2*(H,6,7)/t13-;;/m1../s1. The second-order valence-corrected chi connectivity index (χ2v) is 11.6. The van der Waals surface area contributed by atoms with Crippen LogP contribution in [0.1, 0.15) is 27.9 Å². The summed E-state index contributed by atoms with van der Waals surface area (Å²) in [6.45, 7) is 4.57. The van der Waals surface area contributed by atoms with Crippen molar-refractivity contribution in [1.29, 1.82) is 5.26 Å². The molecule has 0 bridgehead atoms. The smallest absolute Gasteiger partial charge is 0.475 e. The molecule has 0 unspecified atom stereocenters. The van der Waals surface area contributed by atoms with Gasteiger partial charge in [-0.25, -0.2) is 18.4 Å². The molecule has 2 aromatic heterocycles. The third-order valence-electron chi connectivity index (χ3n) is 7.51. The third-order valence-corrected chi connectivity index (χ3v) is 8.54. The topological polar surface area (TPSA) is 162 Å². The first-order chi connectivity index (χ1) is 22.3. The number of nitrogens with zero attached hydrogens (tertiary/aromatic N) is 3. The van der Waals surface area contributed by atoms with E-state index in [0.717, 1.165) is 29.9 Å². The molecule has 0 radical (unpaired) electrons. The number of thiophene rings is 1. The maximum Gasteiger partial charge on any atom is 0.490 e. The molecule has 2 aliphatic rings. The minimum atomic E-state index is -5.08. The zero-order valence-electron chi connectivity index (χ0n) is 24.4. The van der Waals surface area contributed by atoms with Crippen LogP contribution in [0.4, 0.5) is 40.1 Å². The van der Waals surface area contributed by atoms with E-state index < -0.39 is 35.9 Å². The lowest BCUT2D eigenvalue weighted by molar-refractivity contribution is -0.193. The van der Waals surface area contributed by atoms with Gasteiger partial charge in [0.25, 0.3) is 5.91 Å². The van der Waals surface area contributed by atoms with Crippen molar-refractivity contribution in [2.24, 2.45) is 0 Å². The minimum absolute atomic E-state index is 0.0542. The van der Waals surface area contributed by atoms with Gasteiger partial charge in [0.1, 0.15) is 22.7 Å². The second-order valence-electron chi connectivity index (χ2n) is 10.5. The molecule has 1 amide bonds. The molecule has 0 spiro atoms. The molecular weight excluding hydrogens is 682 g/mol. The average Bonchev–Trinajstić information content (AvgIpc) is 3.51. The second kappa shape index (κ2) is 13.3. The Labute approximate surface area is 268 Å². The molecule has 19 heteroatoms. The summed E-state index contributed by atoms with van der Waals surface area (Å²) in [5, 5.41) is 28.4. The summed E-state index contributed by atoms with van der Waals surface area (Å²) < 4.78 is 96.3. The number of carboxylic acid groups (broad SMARTS) is 2. The maximum atomic E-state index is 16.0. The zero-order valence-corrected chi connectivity index (χ0v) is 25.2. The highest BCUT2D eigenvalue weighted by atomic mass is 32.1. The third kappa shape index (κ3) is 6.85. The molecule has 256 valence electrons. The molecule has 2 aliphatic heterocycles. The van der Waals surface area contributed by atoms with Gasteiger partial charge in [0.2, 0.25) is 0 Å². The van der Waals surface area contributed by atoms with Crippen molar-refractivity contribution in [2.45, 2.75) is 38.3 Å². The summed E-state index contributed by atoms with van der Waals surface area (Å²) in [7, 11) is 0. The monoisotopic (exact) mass is 705 g/mol. The number of nitrogens with two attached hydrogens (primary N) is 1. The Morgan fingerprint density at radius 3 is 2.19 bits per heavy atom. The predicted molar refractivity (Wildman–Crippen MR) is 156 cm³/mol. The molecular formula is C29H23F8N5O5S. The summed E-state index contributed by atoms with van der Waals surface area (Å²) in [4.78, 5) is 33.2. The van der Waals surface area contributed by atoms with Gasteiger partial charge in [0, 0.05) is 54.8 Å². The number of carbonyl (C=O) groups excluding carboxylic acids is 1. The molecule has 6 rings (SSSR count). The van der Waals surface area contributed by atoms with E-state index in [1.165, 1.54) is 18.2 Å². The van der Waals surface area contributed by atoms with E-state index in [0.29, 0.717) is 47.1 Å². The van der Waals surface area contributed by atoms with Crippen molar-refractivity contribution >= 4 is 55.2 Å². The SMILES string of the molecule is Cc1cn2c3c(cc(F)c(-c4ccc(F)c5sc(N)c(C#N)c45)c13)C(=O)N1CCNC[C@H]1CC2.O=C(O)C(F)(F)F.O=C(O)C(F)(F)F. The van der Waals surface area contributed by atoms with Crippen LogP contribution in [0.5, 0.6) is 0 Å². The van der Waals surface area contributed by atoms with Crippen molar-refractivity contribution in [3.8, 4) is 17.2 Å². The zero-order chi connectivity index (χ0) is 35.9. The van der Waals surface area contributed by atoms with Gasteiger partial charge in [-0.3, -0.25) is 4.79 Å². The molecule has 4 aromatic rings. The molecule has 0 saturated carbocycles. The summed E-state index contributed by atoms with van der Waals surface area (Å²) in [6, 6.07) is 6.19. The summed E-state index contributed by atoms with van der Waals surface area (Å²) in [6.07, 6.45) is -7.43. The van der Waals surface area contributed by atoms with Gasteiger partial charge in [0.05, 0.1) is 21.3 Å². The molecule has 1 fully saturated rings. The van der Waals surface area contributed by atoms with Crippen molar-refractivity contribution < 1.29 is 59.7 Å². The Hall–Kier alpha value is -4.96. The molecule has 2 aromatic carbocycles. The van der Waals surface area contributed by atoms with E-state index in [4.69, 9.17) is 25.5 Å². The fraction of sp³-hybridized carbons (Fsp3) is 0.310. The number of aromatic nitrogens is 1. The van der Waals surface area contributed by atoms with E-state index in [2.05, 4.69) is 11.4 Å². The predicted octanol–water partition coefficient (Wildman–Crippen LogP) is 5.65. The number of nitrogen functional groups attached to an aromatic ring is 1. The number of hydrogen-bond donors (Lipinski definition) is 4. The Balaban J connectivity index is 0.000000314. The molecule has 48 heavy (non-hydrogen) atoms. The number of amides is 1. The van der Waals surface area contributed by atoms with Gasteiger partial charge < -0.3 is 30.7 Å². The number of aliphatic carboxylic acids is 2. The summed E-state index contributed by atoms with van der Waals surface area (Å²) in [5.74, 6) is -6.78. The van der Waals surface area contributed by atoms with Gasteiger partial charge in [0.15, 0.2) is 0 Å². The van der Waals surface area contributed by atoms with Gasteiger partial charge >= 0.3 is 24.3 Å². The van der Waals surface area contributed by atoms with Crippen molar-refractivity contribution in [1.82, 2.24) is 14.8 Å². The first kappa shape index (κ1) is 35.9. The highest BCUT2D eigenvalue weighted by Crippen LogP contribution is 2.45. The first-order valence-corrected chi connectivity index (χ1v) is 14.5. The van der Waals surface area contributed by atoms with Crippen LogP contribution in [0, 0.1) is 29.9 Å². The fourth-order valence-electron chi connectivity index (χ4n) is 5.53. The van der Waals surface area contributed by atoms with Crippen LogP contribution in [0.15, 0.2) is 24.4 Å². The molecule has 5 N–H and O–H groups in total. The van der Waals surface area contributed by atoms with Gasteiger partial charge in [-0.15, -0.1) is 11.3 Å². The normalized spacial score (nSPS) is 16.1. The van der Waals surface area contributed by atoms with E-state index in [-0.39, 0.29) is 32.8 Å². The lowest BCUT2D eigenvalue weighted by Crippen LogP contribution is -2.54. The van der Waals surface area contributed by atoms with E-state index in [9.17, 15) is 40.8 Å². The molecule has 4 heterocycles. The lowest BCUT2D eigenvalue weighted by atomic mass is 9.92. The van der Waals surface area contributed by atoms with Crippen LogP contribution in [0.25, 0.3) is 32.1 Å². The van der Waals surface area contributed by atoms with Crippen LogP contribution in [-0.2, 0) is 16.1 Å². The number of hydrogen-bond acceptors (Lipinski definition) is 7. The lowest BCUT2D eigenvalue weighted by Gasteiger charge is -2.38. The summed E-state index contributed by atoms with van der Waals surface area (Å²) >= 11 is 0.983. The number of nitriles is 1. The van der Waals surface area contributed by atoms with Gasteiger partial charge in [-0.2, -0.15) is 31.6 Å². The highest BCUT2D eigenvalue weighted by Gasteiger charge is 2.39. The number of piperazine rings is 1. The first-order valence-electron chi connectivity index (χ1n) is 13.6. The number of nitrogens with one attached hydrogen (secondary N) is 1. The Morgan fingerprint density at radius 1 is 1.02 bits per heavy atom. The largest absolute Gasteiger partial charge is 0.490 e. The van der Waals surface area contributed by atoms with Gasteiger partial charge in [-0.1, -0.05) is 6.07 Å². The van der Waals surface area contributed by atoms with Crippen LogP contribution >= 0.6 is 11.3 Å². The van der Waals surface area contributed by atoms with Crippen molar-refractivity contribution in [3.63, 3.8) is 0 Å². The average molecular weight is 706 g/mol. The molecule has 1 atom stereocenters. The maximum absolute atomic E-state index is 16.0. The Bertz CT molecular complexity index is 1960. The number of anilines is 1. The van der Waals surface area contributed by atoms with Gasteiger partial charge in [-0.05, 0) is 36.6 Å². The van der Waals surface area contributed by atoms with E-state index >= 15 is 4.39 Å². The number of rotatable bonds is 1. The van der Waals surface area contributed by atoms with Crippen LogP contribution in [0.2, 0.25) is 0 Å². The Morgan fingerprint density at radius 2 is 1.62 bits per heavy atom. The van der Waals surface area contributed by atoms with Crippen LogP contribution < -0.4 is 11.1 Å². The number of aryl methyl sites for hydroxylation is 2. The van der Waals surface area contributed by atoms with Crippen molar-refractivity contribution in [2.75, 3.05) is 25.4 Å². The quantitative estimate of drug-likeness (QED) is 0.185. The van der Waals surface area contributed by atoms with E-state index in [1.807, 2.05) is 22.6 Å². The highest BCUT2D eigenvalue weighted by molar-refractivity contribution is 7.23. The minimum Gasteiger partial charge on any atom is -0.475 e. The van der Waals surface area contributed by atoms with Crippen molar-refractivity contribution in [3.05, 3.63) is 52.7 Å². The molecule has 0 aliphatic carbocycles.